The molecule has 6 heteroatoms. The van der Waals surface area contributed by atoms with Crippen LogP contribution in [0.3, 0.4) is 0 Å². The summed E-state index contributed by atoms with van der Waals surface area (Å²) < 4.78 is 5.99. The Morgan fingerprint density at radius 3 is 2.55 bits per heavy atom. The number of benzene rings is 1. The third-order valence-corrected chi connectivity index (χ3v) is 5.64. The van der Waals surface area contributed by atoms with Crippen molar-refractivity contribution in [1.29, 1.82) is 0 Å². The zero-order valence-corrected chi connectivity index (χ0v) is 18.1. The fraction of sp³-hybridized carbons (Fsp3) is 0.391. The molecule has 1 saturated heterocycles. The van der Waals surface area contributed by atoms with Gasteiger partial charge in [0.05, 0.1) is 0 Å². The van der Waals surface area contributed by atoms with Crippen molar-refractivity contribution in [2.75, 3.05) is 32.7 Å². The second-order valence-corrected chi connectivity index (χ2v) is 7.72. The van der Waals surface area contributed by atoms with E-state index in [9.17, 15) is 4.79 Å². The number of halogens is 1. The van der Waals surface area contributed by atoms with Gasteiger partial charge >= 0.3 is 0 Å². The lowest BCUT2D eigenvalue weighted by Gasteiger charge is -2.34. The number of rotatable bonds is 4. The molecule has 1 aliphatic rings. The predicted molar refractivity (Wildman–Crippen MR) is 118 cm³/mol. The smallest absolute Gasteiger partial charge is 0.289 e. The van der Waals surface area contributed by atoms with Gasteiger partial charge in [0, 0.05) is 62.0 Å². The molecule has 3 aromatic rings. The highest BCUT2D eigenvalue weighted by molar-refractivity contribution is 6.00. The minimum atomic E-state index is 0. The maximum Gasteiger partial charge on any atom is 0.289 e. The van der Waals surface area contributed by atoms with Crippen LogP contribution in [0.25, 0.3) is 11.0 Å². The molecule has 5 nitrogen and oxygen atoms in total. The summed E-state index contributed by atoms with van der Waals surface area (Å²) in [5.74, 6) is 0.501. The molecule has 0 N–H and O–H groups in total. The van der Waals surface area contributed by atoms with Crippen LogP contribution >= 0.6 is 12.4 Å². The maximum atomic E-state index is 13.1. The number of carbonyl (C=O) groups is 1. The number of fused-ring (bicyclic) bond motifs is 1. The fourth-order valence-corrected chi connectivity index (χ4v) is 4.13. The van der Waals surface area contributed by atoms with E-state index in [1.165, 1.54) is 0 Å². The molecular formula is C23H28ClN3O2. The first-order valence-corrected chi connectivity index (χ1v) is 9.95. The lowest BCUT2D eigenvalue weighted by molar-refractivity contribution is 0.0608. The van der Waals surface area contributed by atoms with Gasteiger partial charge in [0.15, 0.2) is 5.76 Å². The highest BCUT2D eigenvalue weighted by atomic mass is 35.5. The first-order chi connectivity index (χ1) is 13.5. The Bertz CT molecular complexity index is 992. The Balaban J connectivity index is 0.00000240. The van der Waals surface area contributed by atoms with Crippen molar-refractivity contribution in [3.8, 4) is 0 Å². The monoisotopic (exact) mass is 413 g/mol. The average Bonchev–Trinajstić information content (AvgIpc) is 3.03. The summed E-state index contributed by atoms with van der Waals surface area (Å²) in [7, 11) is 0. The molecule has 0 saturated carbocycles. The summed E-state index contributed by atoms with van der Waals surface area (Å²) >= 11 is 0. The summed E-state index contributed by atoms with van der Waals surface area (Å²) in [5.41, 5.74) is 5.20. The molecule has 1 aliphatic heterocycles. The van der Waals surface area contributed by atoms with Gasteiger partial charge < -0.3 is 9.32 Å². The standard InChI is InChI=1S/C23H27N3O2.ClH/c1-16-14-17(2)21-18(3)22(28-20(21)15-16)23(27)26-12-10-25(11-13-26)9-7-19-6-4-5-8-24-19;/h4-6,8,14-15H,7,9-13H2,1-3H3;1H. The third-order valence-electron chi connectivity index (χ3n) is 5.64. The molecule has 2 aromatic heterocycles. The van der Waals surface area contributed by atoms with Gasteiger partial charge in [0.2, 0.25) is 0 Å². The Hall–Kier alpha value is -2.37. The number of carbonyl (C=O) groups excluding carboxylic acids is 1. The first-order valence-electron chi connectivity index (χ1n) is 9.95. The molecule has 1 fully saturated rings. The van der Waals surface area contributed by atoms with E-state index in [0.29, 0.717) is 5.76 Å². The van der Waals surface area contributed by atoms with Crippen LogP contribution in [0.4, 0.5) is 0 Å². The van der Waals surface area contributed by atoms with Crippen LogP contribution in [-0.4, -0.2) is 53.4 Å². The van der Waals surface area contributed by atoms with E-state index >= 15 is 0 Å². The molecule has 1 aromatic carbocycles. The van der Waals surface area contributed by atoms with Gasteiger partial charge in [0.1, 0.15) is 5.58 Å². The lowest BCUT2D eigenvalue weighted by atomic mass is 10.0. The highest BCUT2D eigenvalue weighted by Crippen LogP contribution is 2.30. The van der Waals surface area contributed by atoms with E-state index in [-0.39, 0.29) is 18.3 Å². The van der Waals surface area contributed by atoms with Crippen LogP contribution in [0.5, 0.6) is 0 Å². The van der Waals surface area contributed by atoms with E-state index in [2.05, 4.69) is 35.9 Å². The minimum Gasteiger partial charge on any atom is -0.451 e. The summed E-state index contributed by atoms with van der Waals surface area (Å²) in [6.45, 7) is 10.3. The van der Waals surface area contributed by atoms with Crippen LogP contribution in [0.1, 0.15) is 32.9 Å². The Labute approximate surface area is 178 Å². The number of aryl methyl sites for hydroxylation is 3. The number of furan rings is 1. The van der Waals surface area contributed by atoms with E-state index < -0.39 is 0 Å². The molecule has 0 spiro atoms. The summed E-state index contributed by atoms with van der Waals surface area (Å²) in [6.07, 6.45) is 2.78. The number of hydrogen-bond donors (Lipinski definition) is 0. The number of hydrogen-bond acceptors (Lipinski definition) is 4. The molecule has 0 atom stereocenters. The van der Waals surface area contributed by atoms with Crippen molar-refractivity contribution in [1.82, 2.24) is 14.8 Å². The molecule has 1 amide bonds. The van der Waals surface area contributed by atoms with Crippen molar-refractivity contribution in [2.24, 2.45) is 0 Å². The molecule has 0 aliphatic carbocycles. The topological polar surface area (TPSA) is 49.6 Å². The largest absolute Gasteiger partial charge is 0.451 e. The molecule has 154 valence electrons. The van der Waals surface area contributed by atoms with E-state index in [1.54, 1.807) is 0 Å². The van der Waals surface area contributed by atoms with Crippen LogP contribution in [0, 0.1) is 20.8 Å². The van der Waals surface area contributed by atoms with Crippen molar-refractivity contribution in [3.05, 3.63) is 64.7 Å². The van der Waals surface area contributed by atoms with Crippen molar-refractivity contribution in [3.63, 3.8) is 0 Å². The van der Waals surface area contributed by atoms with Crippen LogP contribution < -0.4 is 0 Å². The predicted octanol–water partition coefficient (Wildman–Crippen LogP) is 4.18. The summed E-state index contributed by atoms with van der Waals surface area (Å²) in [4.78, 5) is 21.8. The minimum absolute atomic E-state index is 0. The van der Waals surface area contributed by atoms with E-state index in [4.69, 9.17) is 4.42 Å². The molecule has 0 radical (unpaired) electrons. The summed E-state index contributed by atoms with van der Waals surface area (Å²) in [5, 5.41) is 1.07. The molecule has 3 heterocycles. The van der Waals surface area contributed by atoms with Crippen molar-refractivity contribution >= 4 is 29.3 Å². The second kappa shape index (κ2) is 8.97. The molecule has 0 unspecified atom stereocenters. The van der Waals surface area contributed by atoms with Gasteiger partial charge in [-0.05, 0) is 50.1 Å². The van der Waals surface area contributed by atoms with Crippen molar-refractivity contribution < 1.29 is 9.21 Å². The fourth-order valence-electron chi connectivity index (χ4n) is 4.13. The molecular weight excluding hydrogens is 386 g/mol. The number of pyridine rings is 1. The van der Waals surface area contributed by atoms with Gasteiger partial charge in [-0.1, -0.05) is 12.1 Å². The van der Waals surface area contributed by atoms with E-state index in [1.807, 2.05) is 36.2 Å². The lowest BCUT2D eigenvalue weighted by Crippen LogP contribution is -2.49. The summed E-state index contributed by atoms with van der Waals surface area (Å²) in [6, 6.07) is 10.2. The number of amides is 1. The van der Waals surface area contributed by atoms with Crippen LogP contribution in [-0.2, 0) is 6.42 Å². The number of aromatic nitrogens is 1. The quantitative estimate of drug-likeness (QED) is 0.644. The SMILES string of the molecule is Cc1cc(C)c2c(C)c(C(=O)N3CCN(CCc4ccccn4)CC3)oc2c1.Cl. The van der Waals surface area contributed by atoms with Crippen LogP contribution in [0.15, 0.2) is 40.9 Å². The highest BCUT2D eigenvalue weighted by Gasteiger charge is 2.27. The molecule has 0 bridgehead atoms. The zero-order chi connectivity index (χ0) is 19.7. The van der Waals surface area contributed by atoms with Gasteiger partial charge in [-0.3, -0.25) is 14.7 Å². The zero-order valence-electron chi connectivity index (χ0n) is 17.3. The molecule has 4 rings (SSSR count). The normalized spacial score (nSPS) is 14.8. The van der Waals surface area contributed by atoms with Gasteiger partial charge in [-0.25, -0.2) is 0 Å². The third kappa shape index (κ3) is 4.46. The Morgan fingerprint density at radius 2 is 1.86 bits per heavy atom. The molecule has 29 heavy (non-hydrogen) atoms. The second-order valence-electron chi connectivity index (χ2n) is 7.72. The number of piperazine rings is 1. The van der Waals surface area contributed by atoms with Crippen LogP contribution in [0.2, 0.25) is 0 Å². The van der Waals surface area contributed by atoms with Gasteiger partial charge in [-0.15, -0.1) is 12.4 Å². The van der Waals surface area contributed by atoms with Gasteiger partial charge in [0.25, 0.3) is 5.91 Å². The Kier molecular flexibility index (Phi) is 6.60. The number of nitrogens with zero attached hydrogens (tertiary/aromatic N) is 3. The Morgan fingerprint density at radius 1 is 1.10 bits per heavy atom. The van der Waals surface area contributed by atoms with E-state index in [0.717, 1.165) is 72.5 Å². The average molecular weight is 414 g/mol. The first kappa shape index (κ1) is 21.3. The van der Waals surface area contributed by atoms with Crippen molar-refractivity contribution in [2.45, 2.75) is 27.2 Å². The maximum absolute atomic E-state index is 13.1. The van der Waals surface area contributed by atoms with Gasteiger partial charge in [-0.2, -0.15) is 0 Å².